The first-order chi connectivity index (χ1) is 12.5. The minimum atomic E-state index is -0.839. The van der Waals surface area contributed by atoms with Gasteiger partial charge in [0.25, 0.3) is 5.91 Å². The summed E-state index contributed by atoms with van der Waals surface area (Å²) in [6, 6.07) is 6.53. The van der Waals surface area contributed by atoms with Crippen molar-refractivity contribution in [3.63, 3.8) is 0 Å². The Bertz CT molecular complexity index is 985. The van der Waals surface area contributed by atoms with Gasteiger partial charge in [-0.25, -0.2) is 18.3 Å². The normalized spacial score (nSPS) is 17.7. The van der Waals surface area contributed by atoms with E-state index >= 15 is 0 Å². The minimum absolute atomic E-state index is 0.112. The number of benzene rings is 1. The second kappa shape index (κ2) is 6.48. The largest absolute Gasteiger partial charge is 0.330 e. The van der Waals surface area contributed by atoms with Crippen LogP contribution in [0.5, 0.6) is 0 Å². The maximum absolute atomic E-state index is 14.1. The van der Waals surface area contributed by atoms with Crippen LogP contribution in [0.1, 0.15) is 47.1 Å². The number of fused-ring (bicyclic) bond motifs is 1. The van der Waals surface area contributed by atoms with E-state index in [4.69, 9.17) is 0 Å². The molecule has 0 N–H and O–H groups in total. The van der Waals surface area contributed by atoms with E-state index in [1.807, 2.05) is 25.3 Å². The van der Waals surface area contributed by atoms with Crippen molar-refractivity contribution in [2.45, 2.75) is 32.2 Å². The maximum Gasteiger partial charge on any atom is 0.257 e. The SMILES string of the molecule is Cc1cc2nc([C@H]3CCCCN3C(=O)c3ccc(F)cc3F)ccn2n1. The second-order valence-corrected chi connectivity index (χ2v) is 6.58. The lowest BCUT2D eigenvalue weighted by Crippen LogP contribution is -2.39. The van der Waals surface area contributed by atoms with Crippen molar-refractivity contribution in [2.24, 2.45) is 0 Å². The van der Waals surface area contributed by atoms with Crippen LogP contribution in [-0.2, 0) is 0 Å². The number of likely N-dealkylation sites (tertiary alicyclic amines) is 1. The third kappa shape index (κ3) is 2.94. The van der Waals surface area contributed by atoms with E-state index in [0.717, 1.165) is 42.8 Å². The van der Waals surface area contributed by atoms with Gasteiger partial charge < -0.3 is 4.90 Å². The van der Waals surface area contributed by atoms with Crippen LogP contribution in [0.2, 0.25) is 0 Å². The van der Waals surface area contributed by atoms with Crippen LogP contribution in [0.25, 0.3) is 5.65 Å². The van der Waals surface area contributed by atoms with Crippen LogP contribution >= 0.6 is 0 Å². The summed E-state index contributed by atoms with van der Waals surface area (Å²) in [6.45, 7) is 2.41. The maximum atomic E-state index is 14.1. The molecule has 0 saturated carbocycles. The molecule has 3 aromatic rings. The topological polar surface area (TPSA) is 50.5 Å². The predicted molar refractivity (Wildman–Crippen MR) is 91.7 cm³/mol. The van der Waals surface area contributed by atoms with Gasteiger partial charge in [0.15, 0.2) is 5.65 Å². The molecule has 1 saturated heterocycles. The van der Waals surface area contributed by atoms with Crippen molar-refractivity contribution in [3.05, 3.63) is 65.1 Å². The van der Waals surface area contributed by atoms with E-state index < -0.39 is 17.5 Å². The number of hydrogen-bond donors (Lipinski definition) is 0. The standard InChI is InChI=1S/C19H18F2N4O/c1-12-10-18-22-16(7-9-25(18)23-12)17-4-2-3-8-24(17)19(26)14-6-5-13(20)11-15(14)21/h5-7,9-11,17H,2-4,8H2,1H3/t17-/m1/s1. The first-order valence-electron chi connectivity index (χ1n) is 8.62. The molecule has 0 radical (unpaired) electrons. The monoisotopic (exact) mass is 356 g/mol. The molecule has 1 fully saturated rings. The lowest BCUT2D eigenvalue weighted by atomic mass is 9.97. The quantitative estimate of drug-likeness (QED) is 0.704. The minimum Gasteiger partial charge on any atom is -0.330 e. The fraction of sp³-hybridized carbons (Fsp3) is 0.316. The highest BCUT2D eigenvalue weighted by Gasteiger charge is 2.31. The van der Waals surface area contributed by atoms with Crippen molar-refractivity contribution in [1.29, 1.82) is 0 Å². The lowest BCUT2D eigenvalue weighted by molar-refractivity contribution is 0.0601. The number of halogens is 2. The van der Waals surface area contributed by atoms with Gasteiger partial charge in [0.1, 0.15) is 11.6 Å². The second-order valence-electron chi connectivity index (χ2n) is 6.58. The van der Waals surface area contributed by atoms with Gasteiger partial charge in [-0.3, -0.25) is 4.79 Å². The molecule has 0 bridgehead atoms. The molecule has 0 unspecified atom stereocenters. The molecule has 0 spiro atoms. The van der Waals surface area contributed by atoms with Gasteiger partial charge in [-0.2, -0.15) is 5.10 Å². The molecule has 3 heterocycles. The number of amides is 1. The van der Waals surface area contributed by atoms with Gasteiger partial charge in [0, 0.05) is 24.9 Å². The molecule has 2 aromatic heterocycles. The molecule has 0 aliphatic carbocycles. The van der Waals surface area contributed by atoms with E-state index in [9.17, 15) is 13.6 Å². The highest BCUT2D eigenvalue weighted by molar-refractivity contribution is 5.94. The fourth-order valence-corrected chi connectivity index (χ4v) is 3.50. The third-order valence-corrected chi connectivity index (χ3v) is 4.73. The number of aryl methyl sites for hydroxylation is 1. The Morgan fingerprint density at radius 1 is 1.19 bits per heavy atom. The lowest BCUT2D eigenvalue weighted by Gasteiger charge is -2.35. The molecule has 26 heavy (non-hydrogen) atoms. The van der Waals surface area contributed by atoms with Crippen LogP contribution in [0.3, 0.4) is 0 Å². The average Bonchev–Trinajstić information content (AvgIpc) is 3.00. The van der Waals surface area contributed by atoms with Crippen molar-refractivity contribution >= 4 is 11.6 Å². The number of rotatable bonds is 2. The molecule has 134 valence electrons. The van der Waals surface area contributed by atoms with Crippen molar-refractivity contribution in [1.82, 2.24) is 19.5 Å². The van der Waals surface area contributed by atoms with Gasteiger partial charge in [-0.1, -0.05) is 0 Å². The van der Waals surface area contributed by atoms with Crippen LogP contribution in [-0.4, -0.2) is 31.9 Å². The summed E-state index contributed by atoms with van der Waals surface area (Å²) < 4.78 is 28.9. The first-order valence-corrected chi connectivity index (χ1v) is 8.62. The molecule has 1 aliphatic rings. The molecule has 1 aliphatic heterocycles. The molecule has 1 atom stereocenters. The van der Waals surface area contributed by atoms with Crippen molar-refractivity contribution in [2.75, 3.05) is 6.54 Å². The molecule has 7 heteroatoms. The van der Waals surface area contributed by atoms with Crippen molar-refractivity contribution in [3.8, 4) is 0 Å². The van der Waals surface area contributed by atoms with Crippen LogP contribution in [0, 0.1) is 18.6 Å². The number of nitrogens with zero attached hydrogens (tertiary/aromatic N) is 4. The smallest absolute Gasteiger partial charge is 0.257 e. The Balaban J connectivity index is 1.70. The molecular weight excluding hydrogens is 338 g/mol. The number of piperidine rings is 1. The number of hydrogen-bond acceptors (Lipinski definition) is 3. The summed E-state index contributed by atoms with van der Waals surface area (Å²) in [6.07, 6.45) is 4.38. The number of carbonyl (C=O) groups is 1. The zero-order valence-corrected chi connectivity index (χ0v) is 14.3. The van der Waals surface area contributed by atoms with Gasteiger partial charge >= 0.3 is 0 Å². The van der Waals surface area contributed by atoms with Gasteiger partial charge in [0.2, 0.25) is 0 Å². The zero-order valence-electron chi connectivity index (χ0n) is 14.3. The highest BCUT2D eigenvalue weighted by atomic mass is 19.1. The molecule has 5 nitrogen and oxygen atoms in total. The van der Waals surface area contributed by atoms with Crippen LogP contribution < -0.4 is 0 Å². The number of aromatic nitrogens is 3. The summed E-state index contributed by atoms with van der Waals surface area (Å²) in [5, 5.41) is 4.31. The van der Waals surface area contributed by atoms with E-state index in [1.165, 1.54) is 6.07 Å². The molecular formula is C19H18F2N4O. The Morgan fingerprint density at radius 2 is 2.04 bits per heavy atom. The van der Waals surface area contributed by atoms with Gasteiger partial charge in [-0.05, 0) is 44.4 Å². The molecule has 1 aromatic carbocycles. The Hall–Kier alpha value is -2.83. The Kier molecular flexibility index (Phi) is 4.14. The summed E-state index contributed by atoms with van der Waals surface area (Å²) in [5.41, 5.74) is 2.22. The van der Waals surface area contributed by atoms with E-state index in [-0.39, 0.29) is 11.6 Å². The van der Waals surface area contributed by atoms with E-state index in [1.54, 1.807) is 9.42 Å². The predicted octanol–water partition coefficient (Wildman–Crippen LogP) is 3.68. The highest BCUT2D eigenvalue weighted by Crippen LogP contribution is 2.31. The molecule has 1 amide bonds. The van der Waals surface area contributed by atoms with Crippen LogP contribution in [0.4, 0.5) is 8.78 Å². The van der Waals surface area contributed by atoms with Crippen LogP contribution in [0.15, 0.2) is 36.5 Å². The third-order valence-electron chi connectivity index (χ3n) is 4.73. The fourth-order valence-electron chi connectivity index (χ4n) is 3.50. The first kappa shape index (κ1) is 16.6. The summed E-state index contributed by atoms with van der Waals surface area (Å²) in [4.78, 5) is 19.2. The summed E-state index contributed by atoms with van der Waals surface area (Å²) >= 11 is 0. The van der Waals surface area contributed by atoms with E-state index in [2.05, 4.69) is 10.1 Å². The average molecular weight is 356 g/mol. The van der Waals surface area contributed by atoms with Gasteiger partial charge in [0.05, 0.1) is 23.0 Å². The van der Waals surface area contributed by atoms with Crippen molar-refractivity contribution < 1.29 is 13.6 Å². The van der Waals surface area contributed by atoms with E-state index in [0.29, 0.717) is 12.2 Å². The molecule has 4 rings (SSSR count). The number of carbonyl (C=O) groups excluding carboxylic acids is 1. The Labute approximate surface area is 149 Å². The van der Waals surface area contributed by atoms with Gasteiger partial charge in [-0.15, -0.1) is 0 Å². The Morgan fingerprint density at radius 3 is 2.85 bits per heavy atom. The summed E-state index contributed by atoms with van der Waals surface area (Å²) in [7, 11) is 0. The zero-order chi connectivity index (χ0) is 18.3. The summed E-state index contributed by atoms with van der Waals surface area (Å²) in [5.74, 6) is -1.97.